The van der Waals surface area contributed by atoms with Crippen LogP contribution in [0.25, 0.3) is 0 Å². The summed E-state index contributed by atoms with van der Waals surface area (Å²) in [4.78, 5) is 0. The van der Waals surface area contributed by atoms with E-state index in [2.05, 4.69) is 62.4 Å². The number of allylic oxidation sites excluding steroid dienone is 4. The molecule has 0 aromatic heterocycles. The standard InChI is InChI=1S/C24H38O4Si/c1-6-26-29(27-7-2,28-8-3)20-12-19-25-23-17-15-22(16-18-23)24(4,5)21-13-10-9-11-14-21/h9-11,13,15-18,21H,6-8,12,14,19-20H2,1-5H3. The molecule has 0 saturated carbocycles. The fraction of sp³-hybridized carbons (Fsp3) is 0.583. The highest BCUT2D eigenvalue weighted by molar-refractivity contribution is 6.60. The summed E-state index contributed by atoms with van der Waals surface area (Å²) >= 11 is 0. The van der Waals surface area contributed by atoms with E-state index in [0.29, 0.717) is 32.3 Å². The van der Waals surface area contributed by atoms with Crippen LogP contribution in [-0.2, 0) is 18.7 Å². The van der Waals surface area contributed by atoms with Crippen LogP contribution >= 0.6 is 0 Å². The van der Waals surface area contributed by atoms with Gasteiger partial charge in [0, 0.05) is 25.9 Å². The smallest absolute Gasteiger partial charge is 0.494 e. The molecule has 0 amide bonds. The van der Waals surface area contributed by atoms with Gasteiger partial charge in [-0.05, 0) is 62.6 Å². The van der Waals surface area contributed by atoms with Gasteiger partial charge < -0.3 is 18.0 Å². The lowest BCUT2D eigenvalue weighted by Crippen LogP contribution is -2.46. The van der Waals surface area contributed by atoms with E-state index in [1.165, 1.54) is 5.56 Å². The van der Waals surface area contributed by atoms with Crippen molar-refractivity contribution in [3.8, 4) is 5.75 Å². The van der Waals surface area contributed by atoms with Gasteiger partial charge in [-0.25, -0.2) is 0 Å². The summed E-state index contributed by atoms with van der Waals surface area (Å²) in [6.45, 7) is 13.0. The zero-order valence-electron chi connectivity index (χ0n) is 18.8. The molecule has 1 aliphatic rings. The molecule has 0 heterocycles. The van der Waals surface area contributed by atoms with Crippen LogP contribution in [0, 0.1) is 5.92 Å². The second-order valence-electron chi connectivity index (χ2n) is 7.84. The van der Waals surface area contributed by atoms with Gasteiger partial charge in [-0.3, -0.25) is 0 Å². The van der Waals surface area contributed by atoms with Crippen LogP contribution in [0.1, 0.15) is 53.0 Å². The van der Waals surface area contributed by atoms with Crippen molar-refractivity contribution in [1.82, 2.24) is 0 Å². The number of hydrogen-bond acceptors (Lipinski definition) is 4. The van der Waals surface area contributed by atoms with Crippen molar-refractivity contribution in [3.63, 3.8) is 0 Å². The molecule has 1 aromatic carbocycles. The van der Waals surface area contributed by atoms with Gasteiger partial charge in [-0.1, -0.05) is 50.3 Å². The molecule has 4 nitrogen and oxygen atoms in total. The largest absolute Gasteiger partial charge is 0.501 e. The van der Waals surface area contributed by atoms with E-state index in [9.17, 15) is 0 Å². The zero-order valence-corrected chi connectivity index (χ0v) is 19.8. The summed E-state index contributed by atoms with van der Waals surface area (Å²) in [5, 5.41) is 0. The second-order valence-corrected chi connectivity index (χ2v) is 10.6. The minimum absolute atomic E-state index is 0.0947. The Morgan fingerprint density at radius 3 is 2.07 bits per heavy atom. The van der Waals surface area contributed by atoms with Crippen molar-refractivity contribution in [2.45, 2.75) is 58.9 Å². The normalized spacial score (nSPS) is 16.9. The summed E-state index contributed by atoms with van der Waals surface area (Å²) in [5.41, 5.74) is 1.43. The summed E-state index contributed by atoms with van der Waals surface area (Å²) in [6.07, 6.45) is 10.8. The molecule has 0 N–H and O–H groups in total. The molecule has 1 aromatic rings. The Labute approximate surface area is 178 Å². The predicted molar refractivity (Wildman–Crippen MR) is 121 cm³/mol. The van der Waals surface area contributed by atoms with E-state index >= 15 is 0 Å². The Morgan fingerprint density at radius 2 is 1.55 bits per heavy atom. The van der Waals surface area contributed by atoms with Crippen LogP contribution in [0.5, 0.6) is 5.75 Å². The first-order chi connectivity index (χ1) is 14.0. The quantitative estimate of drug-likeness (QED) is 0.295. The van der Waals surface area contributed by atoms with Gasteiger partial charge >= 0.3 is 8.80 Å². The fourth-order valence-electron chi connectivity index (χ4n) is 3.79. The van der Waals surface area contributed by atoms with Gasteiger partial charge in [0.25, 0.3) is 0 Å². The van der Waals surface area contributed by atoms with E-state index in [1.807, 2.05) is 20.8 Å². The van der Waals surface area contributed by atoms with Crippen molar-refractivity contribution in [2.75, 3.05) is 26.4 Å². The Bertz CT molecular complexity index is 634. The van der Waals surface area contributed by atoms with Crippen LogP contribution in [0.2, 0.25) is 6.04 Å². The van der Waals surface area contributed by atoms with Gasteiger partial charge in [0.05, 0.1) is 6.61 Å². The molecule has 1 aliphatic carbocycles. The Morgan fingerprint density at radius 1 is 0.931 bits per heavy atom. The highest BCUT2D eigenvalue weighted by Crippen LogP contribution is 2.37. The summed E-state index contributed by atoms with van der Waals surface area (Å²) < 4.78 is 23.7. The first-order valence-electron chi connectivity index (χ1n) is 11.0. The molecule has 0 saturated heterocycles. The van der Waals surface area contributed by atoms with Crippen molar-refractivity contribution in [3.05, 3.63) is 54.1 Å². The molecular weight excluding hydrogens is 380 g/mol. The van der Waals surface area contributed by atoms with E-state index < -0.39 is 8.80 Å². The van der Waals surface area contributed by atoms with Crippen molar-refractivity contribution >= 4 is 8.80 Å². The van der Waals surface area contributed by atoms with Gasteiger partial charge in [0.2, 0.25) is 0 Å². The highest BCUT2D eigenvalue weighted by Gasteiger charge is 2.39. The van der Waals surface area contributed by atoms with E-state index in [-0.39, 0.29) is 5.41 Å². The molecule has 0 spiro atoms. The van der Waals surface area contributed by atoms with Crippen molar-refractivity contribution in [2.24, 2.45) is 5.92 Å². The van der Waals surface area contributed by atoms with Gasteiger partial charge in [0.15, 0.2) is 0 Å². The van der Waals surface area contributed by atoms with Crippen molar-refractivity contribution in [1.29, 1.82) is 0 Å². The molecule has 1 unspecified atom stereocenters. The van der Waals surface area contributed by atoms with E-state index in [1.54, 1.807) is 0 Å². The average Bonchev–Trinajstić information content (AvgIpc) is 2.73. The number of rotatable bonds is 13. The first-order valence-corrected chi connectivity index (χ1v) is 12.9. The minimum atomic E-state index is -2.58. The molecule has 0 radical (unpaired) electrons. The zero-order chi connectivity index (χ0) is 21.2. The lowest BCUT2D eigenvalue weighted by Gasteiger charge is -2.33. The summed E-state index contributed by atoms with van der Waals surface area (Å²) in [5.74, 6) is 1.42. The fourth-order valence-corrected chi connectivity index (χ4v) is 6.37. The SMILES string of the molecule is CCO[Si](CCCOc1ccc(C(C)(C)C2C=CC=CC2)cc1)(OCC)OCC. The van der Waals surface area contributed by atoms with Crippen LogP contribution in [0.15, 0.2) is 48.6 Å². The van der Waals surface area contributed by atoms with Gasteiger partial charge in [-0.15, -0.1) is 0 Å². The number of benzene rings is 1. The molecule has 0 bridgehead atoms. The maximum absolute atomic E-state index is 5.98. The number of ether oxygens (including phenoxy) is 1. The Kier molecular flexibility index (Phi) is 9.63. The third kappa shape index (κ3) is 6.81. The van der Waals surface area contributed by atoms with E-state index in [0.717, 1.165) is 24.6 Å². The maximum Gasteiger partial charge on any atom is 0.501 e. The Balaban J connectivity index is 1.88. The summed E-state index contributed by atoms with van der Waals surface area (Å²) in [7, 11) is -2.58. The van der Waals surface area contributed by atoms with E-state index in [4.69, 9.17) is 18.0 Å². The topological polar surface area (TPSA) is 36.9 Å². The van der Waals surface area contributed by atoms with Gasteiger partial charge in [-0.2, -0.15) is 0 Å². The average molecular weight is 419 g/mol. The van der Waals surface area contributed by atoms with Crippen molar-refractivity contribution < 1.29 is 18.0 Å². The third-order valence-electron chi connectivity index (χ3n) is 5.49. The third-order valence-corrected chi connectivity index (χ3v) is 8.65. The molecular formula is C24H38O4Si. The van der Waals surface area contributed by atoms with Crippen LogP contribution < -0.4 is 4.74 Å². The highest BCUT2D eigenvalue weighted by atomic mass is 28.4. The second kappa shape index (κ2) is 11.7. The first kappa shape index (κ1) is 23.9. The van der Waals surface area contributed by atoms with Crippen LogP contribution in [-0.4, -0.2) is 35.2 Å². The molecule has 5 heteroatoms. The lowest BCUT2D eigenvalue weighted by atomic mass is 9.71. The Hall–Kier alpha value is -1.40. The lowest BCUT2D eigenvalue weighted by molar-refractivity contribution is 0.0696. The molecule has 0 fully saturated rings. The molecule has 29 heavy (non-hydrogen) atoms. The van der Waals surface area contributed by atoms with Crippen LogP contribution in [0.3, 0.4) is 0 Å². The minimum Gasteiger partial charge on any atom is -0.494 e. The monoisotopic (exact) mass is 418 g/mol. The molecule has 1 atom stereocenters. The molecule has 162 valence electrons. The number of hydrogen-bond donors (Lipinski definition) is 0. The van der Waals surface area contributed by atoms with Crippen LogP contribution in [0.4, 0.5) is 0 Å². The molecule has 0 aliphatic heterocycles. The molecule has 2 rings (SSSR count). The van der Waals surface area contributed by atoms with Gasteiger partial charge in [0.1, 0.15) is 5.75 Å². The maximum atomic E-state index is 5.98. The predicted octanol–water partition coefficient (Wildman–Crippen LogP) is 5.91. The summed E-state index contributed by atoms with van der Waals surface area (Å²) in [6, 6.07) is 9.33.